The van der Waals surface area contributed by atoms with Crippen molar-refractivity contribution >= 4 is 0 Å². The minimum Gasteiger partial charge on any atom is -0.392 e. The maximum Gasteiger partial charge on any atom is 0.0728 e. The lowest BCUT2D eigenvalue weighted by atomic mass is 9.95. The van der Waals surface area contributed by atoms with Gasteiger partial charge >= 0.3 is 0 Å². The molecule has 14 heavy (non-hydrogen) atoms. The fourth-order valence-electron chi connectivity index (χ4n) is 2.28. The lowest BCUT2D eigenvalue weighted by molar-refractivity contribution is 0.126. The highest BCUT2D eigenvalue weighted by molar-refractivity contribution is 5.47. The monoisotopic (exact) mass is 192 g/mol. The second kappa shape index (κ2) is 3.05. The minimum absolute atomic E-state index is 0.0962. The van der Waals surface area contributed by atoms with Crippen LogP contribution in [0, 0.1) is 0 Å². The molecule has 3 rings (SSSR count). The third kappa shape index (κ3) is 1.03. The van der Waals surface area contributed by atoms with E-state index in [9.17, 15) is 5.11 Å². The van der Waals surface area contributed by atoms with Crippen LogP contribution in [0.1, 0.15) is 27.8 Å². The first kappa shape index (κ1) is 8.41. The van der Waals surface area contributed by atoms with Crippen LogP contribution in [-0.2, 0) is 42.5 Å². The number of hydrogen-bond acceptors (Lipinski definition) is 3. The average Bonchev–Trinajstić information content (AvgIpc) is 2.83. The summed E-state index contributed by atoms with van der Waals surface area (Å²) in [5, 5.41) is 9.24. The molecule has 0 fully saturated rings. The molecule has 0 amide bonds. The third-order valence-corrected chi connectivity index (χ3v) is 3.02. The van der Waals surface area contributed by atoms with Gasteiger partial charge in [0, 0.05) is 0 Å². The summed E-state index contributed by atoms with van der Waals surface area (Å²) >= 11 is 0. The Hall–Kier alpha value is -0.900. The van der Waals surface area contributed by atoms with Gasteiger partial charge in [-0.15, -0.1) is 0 Å². The zero-order valence-corrected chi connectivity index (χ0v) is 7.88. The van der Waals surface area contributed by atoms with Crippen LogP contribution in [0.5, 0.6) is 0 Å². The Balaban J connectivity index is 2.23. The molecule has 0 bridgehead atoms. The second-order valence-corrected chi connectivity index (χ2v) is 3.77. The molecular formula is C11H12O3. The Morgan fingerprint density at radius 1 is 1.00 bits per heavy atom. The van der Waals surface area contributed by atoms with Gasteiger partial charge in [0.05, 0.1) is 33.0 Å². The Bertz CT molecular complexity index is 385. The molecule has 0 atom stereocenters. The molecule has 2 aliphatic rings. The SMILES string of the molecule is OCc1cc2c(c3c1COC3)COC2. The van der Waals surface area contributed by atoms with Gasteiger partial charge in [0.2, 0.25) is 0 Å². The molecule has 0 saturated carbocycles. The zero-order valence-electron chi connectivity index (χ0n) is 7.88. The molecule has 3 heteroatoms. The quantitative estimate of drug-likeness (QED) is 0.727. The molecule has 0 aromatic heterocycles. The van der Waals surface area contributed by atoms with Gasteiger partial charge in [-0.1, -0.05) is 6.07 Å². The molecule has 0 aliphatic carbocycles. The predicted octanol–water partition coefficient (Wildman–Crippen LogP) is 1.24. The largest absolute Gasteiger partial charge is 0.392 e. The highest BCUT2D eigenvalue weighted by atomic mass is 16.5. The first-order valence-electron chi connectivity index (χ1n) is 4.82. The smallest absolute Gasteiger partial charge is 0.0728 e. The van der Waals surface area contributed by atoms with E-state index in [2.05, 4.69) is 6.07 Å². The van der Waals surface area contributed by atoms with Crippen LogP contribution >= 0.6 is 0 Å². The van der Waals surface area contributed by atoms with Crippen molar-refractivity contribution in [3.63, 3.8) is 0 Å². The molecule has 1 aromatic rings. The van der Waals surface area contributed by atoms with E-state index < -0.39 is 0 Å². The number of rotatable bonds is 1. The first-order chi connectivity index (χ1) is 6.90. The van der Waals surface area contributed by atoms with Gasteiger partial charge in [-0.3, -0.25) is 0 Å². The van der Waals surface area contributed by atoms with Gasteiger partial charge in [0.1, 0.15) is 0 Å². The standard InChI is InChI=1S/C11H12O3/c12-2-7-1-8-3-13-5-10(8)11-6-14-4-9(7)11/h1,12H,2-6H2. The number of aliphatic hydroxyl groups excluding tert-OH is 1. The normalized spacial score (nSPS) is 18.4. The van der Waals surface area contributed by atoms with Crippen molar-refractivity contribution in [3.05, 3.63) is 33.9 Å². The van der Waals surface area contributed by atoms with Gasteiger partial charge in [-0.05, 0) is 27.8 Å². The molecule has 2 aliphatic heterocycles. The maximum absolute atomic E-state index is 9.24. The summed E-state index contributed by atoms with van der Waals surface area (Å²) in [4.78, 5) is 0. The number of aliphatic hydroxyl groups is 1. The number of hydrogen-bond donors (Lipinski definition) is 1. The van der Waals surface area contributed by atoms with E-state index in [1.165, 1.54) is 22.3 Å². The molecule has 3 nitrogen and oxygen atoms in total. The summed E-state index contributed by atoms with van der Waals surface area (Å²) in [7, 11) is 0. The summed E-state index contributed by atoms with van der Waals surface area (Å²) in [6.07, 6.45) is 0. The van der Waals surface area contributed by atoms with Crippen molar-refractivity contribution in [2.75, 3.05) is 0 Å². The molecule has 0 radical (unpaired) electrons. The molecule has 0 saturated heterocycles. The zero-order chi connectivity index (χ0) is 9.54. The maximum atomic E-state index is 9.24. The topological polar surface area (TPSA) is 38.7 Å². The van der Waals surface area contributed by atoms with Gasteiger partial charge in [0.15, 0.2) is 0 Å². The summed E-state index contributed by atoms with van der Waals surface area (Å²) in [6, 6.07) is 2.05. The van der Waals surface area contributed by atoms with Crippen LogP contribution in [0.2, 0.25) is 0 Å². The Morgan fingerprint density at radius 3 is 2.57 bits per heavy atom. The molecule has 0 unspecified atom stereocenters. The van der Waals surface area contributed by atoms with E-state index in [-0.39, 0.29) is 6.61 Å². The van der Waals surface area contributed by atoms with Crippen molar-refractivity contribution in [1.82, 2.24) is 0 Å². The Labute approximate surface area is 82.3 Å². The molecule has 74 valence electrons. The fraction of sp³-hybridized carbons (Fsp3) is 0.455. The van der Waals surface area contributed by atoms with Gasteiger partial charge < -0.3 is 14.6 Å². The van der Waals surface area contributed by atoms with E-state index in [4.69, 9.17) is 9.47 Å². The Kier molecular flexibility index (Phi) is 1.83. The van der Waals surface area contributed by atoms with Crippen molar-refractivity contribution in [2.24, 2.45) is 0 Å². The summed E-state index contributed by atoms with van der Waals surface area (Å²) < 4.78 is 10.8. The predicted molar refractivity (Wildman–Crippen MR) is 49.4 cm³/mol. The fourth-order valence-corrected chi connectivity index (χ4v) is 2.28. The highest BCUT2D eigenvalue weighted by Gasteiger charge is 2.24. The summed E-state index contributed by atoms with van der Waals surface area (Å²) in [5.74, 6) is 0. The molecule has 1 aromatic carbocycles. The van der Waals surface area contributed by atoms with E-state index in [0.29, 0.717) is 26.4 Å². The van der Waals surface area contributed by atoms with Crippen molar-refractivity contribution < 1.29 is 14.6 Å². The van der Waals surface area contributed by atoms with Crippen LogP contribution in [0.3, 0.4) is 0 Å². The van der Waals surface area contributed by atoms with E-state index in [1.807, 2.05) is 0 Å². The number of benzene rings is 1. The van der Waals surface area contributed by atoms with Crippen molar-refractivity contribution in [2.45, 2.75) is 33.0 Å². The second-order valence-electron chi connectivity index (χ2n) is 3.77. The van der Waals surface area contributed by atoms with E-state index in [0.717, 1.165) is 5.56 Å². The van der Waals surface area contributed by atoms with E-state index >= 15 is 0 Å². The van der Waals surface area contributed by atoms with Crippen LogP contribution in [0.4, 0.5) is 0 Å². The van der Waals surface area contributed by atoms with Crippen molar-refractivity contribution in [3.8, 4) is 0 Å². The number of fused-ring (bicyclic) bond motifs is 3. The summed E-state index contributed by atoms with van der Waals surface area (Å²) in [5.41, 5.74) is 5.94. The minimum atomic E-state index is 0.0962. The lowest BCUT2D eigenvalue weighted by Crippen LogP contribution is -1.99. The van der Waals surface area contributed by atoms with Gasteiger partial charge in [-0.2, -0.15) is 0 Å². The Morgan fingerprint density at radius 2 is 1.71 bits per heavy atom. The third-order valence-electron chi connectivity index (χ3n) is 3.02. The molecule has 2 heterocycles. The number of ether oxygens (including phenoxy) is 2. The summed E-state index contributed by atoms with van der Waals surface area (Å²) in [6.45, 7) is 2.79. The van der Waals surface area contributed by atoms with Crippen LogP contribution < -0.4 is 0 Å². The van der Waals surface area contributed by atoms with Gasteiger partial charge in [-0.25, -0.2) is 0 Å². The lowest BCUT2D eigenvalue weighted by Gasteiger charge is -2.08. The first-order valence-corrected chi connectivity index (χ1v) is 4.82. The molecular weight excluding hydrogens is 180 g/mol. The molecule has 0 spiro atoms. The average molecular weight is 192 g/mol. The van der Waals surface area contributed by atoms with Crippen LogP contribution in [0.15, 0.2) is 6.07 Å². The van der Waals surface area contributed by atoms with E-state index in [1.54, 1.807) is 0 Å². The van der Waals surface area contributed by atoms with Crippen LogP contribution in [0.25, 0.3) is 0 Å². The van der Waals surface area contributed by atoms with Crippen molar-refractivity contribution in [1.29, 1.82) is 0 Å². The molecule has 1 N–H and O–H groups in total. The highest BCUT2D eigenvalue weighted by Crippen LogP contribution is 2.33. The van der Waals surface area contributed by atoms with Crippen LogP contribution in [-0.4, -0.2) is 5.11 Å². The van der Waals surface area contributed by atoms with Gasteiger partial charge in [0.25, 0.3) is 0 Å².